The zero-order chi connectivity index (χ0) is 11.0. The predicted molar refractivity (Wildman–Crippen MR) is 59.7 cm³/mol. The first-order valence-electron chi connectivity index (χ1n) is 5.30. The zero-order valence-electron chi connectivity index (χ0n) is 9.13. The molecule has 0 aromatic carbocycles. The third-order valence-electron chi connectivity index (χ3n) is 4.21. The van der Waals surface area contributed by atoms with Crippen molar-refractivity contribution in [3.8, 4) is 0 Å². The maximum atomic E-state index is 11.1. The molecule has 2 nitrogen and oxygen atoms in total. The van der Waals surface area contributed by atoms with Gasteiger partial charge in [0.05, 0.1) is 0 Å². The van der Waals surface area contributed by atoms with E-state index in [0.29, 0.717) is 22.1 Å². The highest BCUT2D eigenvalue weighted by molar-refractivity contribution is 7.14. The van der Waals surface area contributed by atoms with Crippen LogP contribution in [0.2, 0.25) is 0 Å². The Morgan fingerprint density at radius 2 is 2.20 bits per heavy atom. The first kappa shape index (κ1) is 9.40. The van der Waals surface area contributed by atoms with E-state index in [2.05, 4.69) is 20.8 Å². The summed E-state index contributed by atoms with van der Waals surface area (Å²) in [6, 6.07) is 0. The van der Waals surface area contributed by atoms with Crippen LogP contribution in [0.4, 0.5) is 0 Å². The van der Waals surface area contributed by atoms with E-state index in [-0.39, 0.29) is 0 Å². The van der Waals surface area contributed by atoms with Gasteiger partial charge in [0.1, 0.15) is 4.88 Å². The van der Waals surface area contributed by atoms with Crippen LogP contribution in [-0.2, 0) is 6.42 Å². The van der Waals surface area contributed by atoms with Crippen molar-refractivity contribution in [3.05, 3.63) is 20.9 Å². The van der Waals surface area contributed by atoms with Crippen molar-refractivity contribution in [2.45, 2.75) is 33.1 Å². The SMILES string of the molecule is Cc1sc(C(=O)O)c2c1[C@@H]1[C@H](C2)C1(C)C. The van der Waals surface area contributed by atoms with E-state index in [0.717, 1.165) is 12.0 Å². The number of aromatic carboxylic acids is 1. The van der Waals surface area contributed by atoms with Gasteiger partial charge in [-0.25, -0.2) is 4.79 Å². The number of fused-ring (bicyclic) bond motifs is 3. The van der Waals surface area contributed by atoms with Gasteiger partial charge in [0.2, 0.25) is 0 Å². The van der Waals surface area contributed by atoms with Crippen LogP contribution in [0, 0.1) is 18.3 Å². The fourth-order valence-electron chi connectivity index (χ4n) is 3.30. The lowest BCUT2D eigenvalue weighted by Crippen LogP contribution is -2.03. The van der Waals surface area contributed by atoms with Gasteiger partial charge < -0.3 is 5.11 Å². The third-order valence-corrected chi connectivity index (χ3v) is 5.36. The number of carboxylic acids is 1. The minimum Gasteiger partial charge on any atom is -0.477 e. The van der Waals surface area contributed by atoms with Crippen molar-refractivity contribution in [2.75, 3.05) is 0 Å². The third kappa shape index (κ3) is 0.969. The molecule has 0 bridgehead atoms. The van der Waals surface area contributed by atoms with Crippen LogP contribution < -0.4 is 0 Å². The van der Waals surface area contributed by atoms with E-state index in [9.17, 15) is 4.79 Å². The molecule has 2 aliphatic carbocycles. The van der Waals surface area contributed by atoms with Gasteiger partial charge in [0, 0.05) is 4.88 Å². The van der Waals surface area contributed by atoms with Crippen molar-refractivity contribution in [3.63, 3.8) is 0 Å². The summed E-state index contributed by atoms with van der Waals surface area (Å²) >= 11 is 1.46. The molecule has 3 heteroatoms. The molecule has 0 spiro atoms. The van der Waals surface area contributed by atoms with Crippen LogP contribution >= 0.6 is 11.3 Å². The Bertz CT molecular complexity index is 470. The van der Waals surface area contributed by atoms with Gasteiger partial charge in [0.25, 0.3) is 0 Å². The lowest BCUT2D eigenvalue weighted by molar-refractivity contribution is 0.0701. The summed E-state index contributed by atoms with van der Waals surface area (Å²) in [4.78, 5) is 12.9. The molecule has 2 atom stereocenters. The van der Waals surface area contributed by atoms with Crippen LogP contribution in [0.25, 0.3) is 0 Å². The monoisotopic (exact) mass is 222 g/mol. The Morgan fingerprint density at radius 1 is 1.53 bits per heavy atom. The van der Waals surface area contributed by atoms with Crippen molar-refractivity contribution >= 4 is 17.3 Å². The maximum Gasteiger partial charge on any atom is 0.346 e. The highest BCUT2D eigenvalue weighted by Crippen LogP contribution is 2.71. The molecular formula is C12H14O2S. The van der Waals surface area contributed by atoms with Gasteiger partial charge >= 0.3 is 5.97 Å². The number of carboxylic acid groups (broad SMARTS) is 1. The van der Waals surface area contributed by atoms with Gasteiger partial charge in [-0.05, 0) is 41.7 Å². The molecule has 1 saturated carbocycles. The number of rotatable bonds is 1. The Morgan fingerprint density at radius 3 is 2.80 bits per heavy atom. The van der Waals surface area contributed by atoms with E-state index in [1.165, 1.54) is 21.8 Å². The van der Waals surface area contributed by atoms with Crippen molar-refractivity contribution in [1.82, 2.24) is 0 Å². The van der Waals surface area contributed by atoms with E-state index < -0.39 is 5.97 Å². The molecule has 0 saturated heterocycles. The molecule has 15 heavy (non-hydrogen) atoms. The second kappa shape index (κ2) is 2.46. The van der Waals surface area contributed by atoms with E-state index >= 15 is 0 Å². The molecule has 1 N–H and O–H groups in total. The van der Waals surface area contributed by atoms with Crippen molar-refractivity contribution in [2.24, 2.45) is 11.3 Å². The normalized spacial score (nSPS) is 29.8. The number of hydrogen-bond acceptors (Lipinski definition) is 2. The second-order valence-electron chi connectivity index (χ2n) is 5.29. The summed E-state index contributed by atoms with van der Waals surface area (Å²) in [5, 5.41) is 9.10. The Kier molecular flexibility index (Phi) is 1.54. The number of carbonyl (C=O) groups is 1. The van der Waals surface area contributed by atoms with Crippen LogP contribution in [0.15, 0.2) is 0 Å². The fraction of sp³-hybridized carbons (Fsp3) is 0.583. The van der Waals surface area contributed by atoms with Crippen LogP contribution in [0.5, 0.6) is 0 Å². The zero-order valence-corrected chi connectivity index (χ0v) is 9.94. The van der Waals surface area contributed by atoms with Gasteiger partial charge in [0.15, 0.2) is 0 Å². The van der Waals surface area contributed by atoms with Crippen LogP contribution in [-0.4, -0.2) is 11.1 Å². The molecule has 1 aromatic heterocycles. The molecule has 0 amide bonds. The average molecular weight is 222 g/mol. The minimum absolute atomic E-state index is 0.411. The quantitative estimate of drug-likeness (QED) is 0.793. The van der Waals surface area contributed by atoms with Gasteiger partial charge in [-0.2, -0.15) is 0 Å². The van der Waals surface area contributed by atoms with Gasteiger partial charge in [-0.3, -0.25) is 0 Å². The molecule has 3 rings (SSSR count). The molecular weight excluding hydrogens is 208 g/mol. The van der Waals surface area contributed by atoms with Crippen molar-refractivity contribution in [1.29, 1.82) is 0 Å². The van der Waals surface area contributed by atoms with Gasteiger partial charge in [-0.1, -0.05) is 13.8 Å². The van der Waals surface area contributed by atoms with Gasteiger partial charge in [-0.15, -0.1) is 11.3 Å². The summed E-state index contributed by atoms with van der Waals surface area (Å²) in [5.41, 5.74) is 2.92. The summed E-state index contributed by atoms with van der Waals surface area (Å²) in [5.74, 6) is 0.591. The van der Waals surface area contributed by atoms with Crippen LogP contribution in [0.1, 0.15) is 45.4 Å². The number of hydrogen-bond donors (Lipinski definition) is 1. The van der Waals surface area contributed by atoms with E-state index in [1.54, 1.807) is 0 Å². The summed E-state index contributed by atoms with van der Waals surface area (Å²) < 4.78 is 0. The molecule has 80 valence electrons. The summed E-state index contributed by atoms with van der Waals surface area (Å²) in [6.07, 6.45) is 0.985. The maximum absolute atomic E-state index is 11.1. The fourth-order valence-corrected chi connectivity index (χ4v) is 4.37. The highest BCUT2D eigenvalue weighted by atomic mass is 32.1. The topological polar surface area (TPSA) is 37.3 Å². The molecule has 0 radical (unpaired) electrons. The Labute approximate surface area is 92.9 Å². The first-order chi connectivity index (χ1) is 6.94. The second-order valence-corrected chi connectivity index (χ2v) is 6.52. The van der Waals surface area contributed by atoms with Crippen LogP contribution in [0.3, 0.4) is 0 Å². The molecule has 1 heterocycles. The summed E-state index contributed by atoms with van der Waals surface area (Å²) in [7, 11) is 0. The Balaban J connectivity index is 2.14. The molecule has 1 aromatic rings. The van der Waals surface area contributed by atoms with E-state index in [1.807, 2.05) is 0 Å². The standard InChI is InChI=1S/C12H14O2S/c1-5-8-6(10(15-5)11(13)14)4-7-9(8)12(7,2)3/h7,9H,4H2,1-3H3,(H,13,14)/t7-,9-/m0/s1. The number of aryl methyl sites for hydroxylation is 1. The minimum atomic E-state index is -0.747. The Hall–Kier alpha value is -0.830. The predicted octanol–water partition coefficient (Wildman–Crippen LogP) is 3.05. The highest BCUT2D eigenvalue weighted by Gasteiger charge is 2.63. The molecule has 1 fully saturated rings. The average Bonchev–Trinajstić information content (AvgIpc) is 2.54. The smallest absolute Gasteiger partial charge is 0.346 e. The number of thiophene rings is 1. The first-order valence-corrected chi connectivity index (χ1v) is 6.11. The lowest BCUT2D eigenvalue weighted by atomic mass is 9.95. The van der Waals surface area contributed by atoms with Crippen molar-refractivity contribution < 1.29 is 9.90 Å². The lowest BCUT2D eigenvalue weighted by Gasteiger charge is -2.08. The largest absolute Gasteiger partial charge is 0.477 e. The van der Waals surface area contributed by atoms with E-state index in [4.69, 9.17) is 5.11 Å². The molecule has 0 aliphatic heterocycles. The molecule has 0 unspecified atom stereocenters. The summed E-state index contributed by atoms with van der Waals surface area (Å²) in [6.45, 7) is 6.65. The molecule has 2 aliphatic rings.